The van der Waals surface area contributed by atoms with E-state index in [-0.39, 0.29) is 0 Å². The Morgan fingerprint density at radius 2 is 1.15 bits per heavy atom. The Bertz CT molecular complexity index is 1630. The fourth-order valence-electron chi connectivity index (χ4n) is 5.81. The Hall–Kier alpha value is -3.81. The van der Waals surface area contributed by atoms with Crippen molar-refractivity contribution in [3.05, 3.63) is 143 Å². The van der Waals surface area contributed by atoms with Crippen LogP contribution in [0.4, 0.5) is 0 Å². The standard InChI is InChI=1S/C31H19ClO/c32-27-18-8-14-23-29-26(17-9-19-28(29)33-30(23)27)31(20-10-2-1-3-11-20)24-15-6-4-12-21(24)22-13-5-7-16-25(22)31/h1-19H. The number of rotatable bonds is 2. The maximum atomic E-state index is 6.56. The van der Waals surface area contributed by atoms with Gasteiger partial charge in [-0.3, -0.25) is 0 Å². The van der Waals surface area contributed by atoms with Crippen molar-refractivity contribution in [2.75, 3.05) is 0 Å². The lowest BCUT2D eigenvalue weighted by Crippen LogP contribution is -2.28. The normalized spacial score (nSPS) is 13.8. The van der Waals surface area contributed by atoms with E-state index < -0.39 is 5.41 Å². The number of hydrogen-bond acceptors (Lipinski definition) is 1. The third-order valence-corrected chi connectivity index (χ3v) is 7.34. The highest BCUT2D eigenvalue weighted by Crippen LogP contribution is 2.57. The van der Waals surface area contributed by atoms with E-state index in [0.717, 1.165) is 21.9 Å². The Morgan fingerprint density at radius 3 is 1.88 bits per heavy atom. The number of fused-ring (bicyclic) bond motifs is 6. The number of halogens is 1. The van der Waals surface area contributed by atoms with Crippen molar-refractivity contribution in [1.29, 1.82) is 0 Å². The monoisotopic (exact) mass is 442 g/mol. The third-order valence-electron chi connectivity index (χ3n) is 7.04. The summed E-state index contributed by atoms with van der Waals surface area (Å²) in [6.07, 6.45) is 0. The predicted molar refractivity (Wildman–Crippen MR) is 136 cm³/mol. The molecule has 0 atom stereocenters. The molecule has 2 heteroatoms. The zero-order chi connectivity index (χ0) is 22.0. The van der Waals surface area contributed by atoms with E-state index in [4.69, 9.17) is 16.0 Å². The quantitative estimate of drug-likeness (QED) is 0.261. The highest BCUT2D eigenvalue weighted by molar-refractivity contribution is 6.36. The second-order valence-corrected chi connectivity index (χ2v) is 9.01. The molecule has 7 rings (SSSR count). The Labute approximate surface area is 196 Å². The van der Waals surface area contributed by atoms with Gasteiger partial charge in [0.15, 0.2) is 5.58 Å². The van der Waals surface area contributed by atoms with E-state index in [0.29, 0.717) is 5.02 Å². The van der Waals surface area contributed by atoms with E-state index >= 15 is 0 Å². The first kappa shape index (κ1) is 18.7. The highest BCUT2D eigenvalue weighted by Gasteiger charge is 2.47. The fraction of sp³-hybridized carbons (Fsp3) is 0.0323. The Balaban J connectivity index is 1.74. The van der Waals surface area contributed by atoms with Gasteiger partial charge in [0.2, 0.25) is 0 Å². The molecule has 33 heavy (non-hydrogen) atoms. The summed E-state index contributed by atoms with van der Waals surface area (Å²) in [5, 5.41) is 2.80. The van der Waals surface area contributed by atoms with Gasteiger partial charge in [-0.25, -0.2) is 0 Å². The average molecular weight is 443 g/mol. The van der Waals surface area contributed by atoms with Gasteiger partial charge in [-0.2, -0.15) is 0 Å². The molecular weight excluding hydrogens is 424 g/mol. The molecule has 1 nitrogen and oxygen atoms in total. The molecule has 0 N–H and O–H groups in total. The van der Waals surface area contributed by atoms with Crippen LogP contribution in [0.25, 0.3) is 33.1 Å². The summed E-state index contributed by atoms with van der Waals surface area (Å²) in [4.78, 5) is 0. The summed E-state index contributed by atoms with van der Waals surface area (Å²) in [6.45, 7) is 0. The number of furan rings is 1. The molecule has 1 aliphatic carbocycles. The number of benzene rings is 5. The van der Waals surface area contributed by atoms with Gasteiger partial charge in [0.25, 0.3) is 0 Å². The third kappa shape index (κ3) is 2.38. The zero-order valence-corrected chi connectivity index (χ0v) is 18.5. The summed E-state index contributed by atoms with van der Waals surface area (Å²) in [5.74, 6) is 0. The molecule has 1 heterocycles. The highest BCUT2D eigenvalue weighted by atomic mass is 35.5. The van der Waals surface area contributed by atoms with Gasteiger partial charge in [0, 0.05) is 10.8 Å². The van der Waals surface area contributed by atoms with Crippen LogP contribution >= 0.6 is 11.6 Å². The van der Waals surface area contributed by atoms with Gasteiger partial charge in [0.05, 0.1) is 10.4 Å². The first-order valence-corrected chi connectivity index (χ1v) is 11.5. The van der Waals surface area contributed by atoms with Crippen molar-refractivity contribution in [1.82, 2.24) is 0 Å². The first-order valence-electron chi connectivity index (χ1n) is 11.2. The molecule has 1 aromatic heterocycles. The van der Waals surface area contributed by atoms with Crippen LogP contribution in [0.5, 0.6) is 0 Å². The minimum atomic E-state index is -0.465. The Morgan fingerprint density at radius 1 is 0.545 bits per heavy atom. The molecule has 0 saturated carbocycles. The summed E-state index contributed by atoms with van der Waals surface area (Å²) in [5.41, 5.74) is 8.72. The fourth-order valence-corrected chi connectivity index (χ4v) is 6.02. The molecule has 0 spiro atoms. The lowest BCUT2D eigenvalue weighted by molar-refractivity contribution is 0.668. The molecule has 5 aromatic carbocycles. The van der Waals surface area contributed by atoms with Crippen LogP contribution in [0.2, 0.25) is 5.02 Å². The van der Waals surface area contributed by atoms with Gasteiger partial charge in [-0.15, -0.1) is 0 Å². The van der Waals surface area contributed by atoms with Crippen molar-refractivity contribution in [3.8, 4) is 11.1 Å². The van der Waals surface area contributed by atoms with Crippen molar-refractivity contribution in [2.45, 2.75) is 5.41 Å². The molecule has 0 aliphatic heterocycles. The molecule has 0 unspecified atom stereocenters. The second kappa shape index (κ2) is 6.84. The largest absolute Gasteiger partial charge is 0.454 e. The first-order chi connectivity index (χ1) is 16.3. The maximum Gasteiger partial charge on any atom is 0.154 e. The Kier molecular flexibility index (Phi) is 3.88. The van der Waals surface area contributed by atoms with Crippen LogP contribution in [0.15, 0.2) is 120 Å². The maximum absolute atomic E-state index is 6.56. The molecular formula is C31H19ClO. The van der Waals surface area contributed by atoms with Crippen molar-refractivity contribution >= 4 is 33.5 Å². The van der Waals surface area contributed by atoms with Crippen LogP contribution < -0.4 is 0 Å². The second-order valence-electron chi connectivity index (χ2n) is 8.60. The van der Waals surface area contributed by atoms with Crippen molar-refractivity contribution in [2.24, 2.45) is 0 Å². The molecule has 6 aromatic rings. The van der Waals surface area contributed by atoms with E-state index in [9.17, 15) is 0 Å². The van der Waals surface area contributed by atoms with Gasteiger partial charge < -0.3 is 4.42 Å². The number of hydrogen-bond donors (Lipinski definition) is 0. The van der Waals surface area contributed by atoms with Gasteiger partial charge in [0.1, 0.15) is 5.58 Å². The minimum absolute atomic E-state index is 0.465. The van der Waals surface area contributed by atoms with Gasteiger partial charge in [-0.05, 0) is 45.5 Å². The van der Waals surface area contributed by atoms with Crippen LogP contribution in [0, 0.1) is 0 Å². The van der Waals surface area contributed by atoms with Crippen LogP contribution in [-0.2, 0) is 5.41 Å². The minimum Gasteiger partial charge on any atom is -0.454 e. The zero-order valence-electron chi connectivity index (χ0n) is 17.8. The smallest absolute Gasteiger partial charge is 0.154 e. The average Bonchev–Trinajstić information content (AvgIpc) is 3.40. The van der Waals surface area contributed by atoms with E-state index in [1.165, 1.54) is 33.4 Å². The molecule has 0 saturated heterocycles. The lowest BCUT2D eigenvalue weighted by atomic mass is 9.66. The predicted octanol–water partition coefficient (Wildman–Crippen LogP) is 8.60. The van der Waals surface area contributed by atoms with Crippen LogP contribution in [0.1, 0.15) is 22.3 Å². The van der Waals surface area contributed by atoms with Crippen molar-refractivity contribution in [3.63, 3.8) is 0 Å². The molecule has 0 fully saturated rings. The topological polar surface area (TPSA) is 13.1 Å². The lowest BCUT2D eigenvalue weighted by Gasteiger charge is -2.34. The molecule has 0 amide bonds. The van der Waals surface area contributed by atoms with E-state index in [1.807, 2.05) is 18.2 Å². The van der Waals surface area contributed by atoms with Gasteiger partial charge in [-0.1, -0.05) is 115 Å². The molecule has 0 bridgehead atoms. The van der Waals surface area contributed by atoms with E-state index in [1.54, 1.807) is 0 Å². The summed E-state index contributed by atoms with van der Waals surface area (Å²) < 4.78 is 6.31. The summed E-state index contributed by atoms with van der Waals surface area (Å²) in [7, 11) is 0. The SMILES string of the molecule is Clc1cccc2c1oc1cccc(C3(c4ccccc4)c4ccccc4-c4ccccc43)c12. The van der Waals surface area contributed by atoms with Crippen LogP contribution in [0.3, 0.4) is 0 Å². The number of para-hydroxylation sites is 1. The van der Waals surface area contributed by atoms with Crippen molar-refractivity contribution < 1.29 is 4.42 Å². The van der Waals surface area contributed by atoms with Gasteiger partial charge >= 0.3 is 0 Å². The summed E-state index contributed by atoms with van der Waals surface area (Å²) >= 11 is 6.56. The molecule has 156 valence electrons. The molecule has 0 radical (unpaired) electrons. The summed E-state index contributed by atoms with van der Waals surface area (Å²) in [6, 6.07) is 40.8. The molecule has 1 aliphatic rings. The van der Waals surface area contributed by atoms with E-state index in [2.05, 4.69) is 97.1 Å². The van der Waals surface area contributed by atoms with Crippen LogP contribution in [-0.4, -0.2) is 0 Å².